The van der Waals surface area contributed by atoms with E-state index in [0.717, 1.165) is 16.4 Å². The number of halogens is 2. The monoisotopic (exact) mass is 305 g/mol. The molecule has 0 bridgehead atoms. The molecule has 0 amide bonds. The zero-order chi connectivity index (χ0) is 10.1. The zero-order valence-corrected chi connectivity index (χ0v) is 10.00. The maximum atomic E-state index is 13.5. The van der Waals surface area contributed by atoms with Crippen LogP contribution >= 0.6 is 22.6 Å². The third-order valence-electron chi connectivity index (χ3n) is 2.98. The maximum Gasteiger partial charge on any atom is 0.129 e. The van der Waals surface area contributed by atoms with Gasteiger partial charge < -0.3 is 5.73 Å². The van der Waals surface area contributed by atoms with Crippen molar-refractivity contribution in [3.63, 3.8) is 0 Å². The Bertz CT molecular complexity index is 336. The Morgan fingerprint density at radius 3 is 2.64 bits per heavy atom. The smallest absolute Gasteiger partial charge is 0.129 e. The highest BCUT2D eigenvalue weighted by atomic mass is 127. The lowest BCUT2D eigenvalue weighted by Gasteiger charge is -2.31. The molecule has 1 unspecified atom stereocenters. The first-order chi connectivity index (χ1) is 6.68. The summed E-state index contributed by atoms with van der Waals surface area (Å²) in [6, 6.07) is 5.17. The van der Waals surface area contributed by atoms with E-state index in [2.05, 4.69) is 22.6 Å². The van der Waals surface area contributed by atoms with E-state index < -0.39 is 0 Å². The Kier molecular flexibility index (Phi) is 3.07. The molecule has 3 heteroatoms. The van der Waals surface area contributed by atoms with Gasteiger partial charge in [0.1, 0.15) is 5.82 Å². The second kappa shape index (κ2) is 4.14. The fourth-order valence-corrected chi connectivity index (χ4v) is 2.28. The number of rotatable bonds is 2. The summed E-state index contributed by atoms with van der Waals surface area (Å²) in [5.41, 5.74) is 6.68. The quantitative estimate of drug-likeness (QED) is 0.834. The molecule has 0 heterocycles. The molecule has 14 heavy (non-hydrogen) atoms. The van der Waals surface area contributed by atoms with Gasteiger partial charge in [-0.05, 0) is 53.5 Å². The molecule has 1 aliphatic carbocycles. The van der Waals surface area contributed by atoms with Crippen molar-refractivity contribution in [3.05, 3.63) is 33.1 Å². The SMILES string of the molecule is NC(c1ccc(I)cc1F)C1CCC1. The minimum Gasteiger partial charge on any atom is -0.324 e. The van der Waals surface area contributed by atoms with E-state index in [4.69, 9.17) is 5.73 Å². The topological polar surface area (TPSA) is 26.0 Å². The van der Waals surface area contributed by atoms with Crippen LogP contribution in [0.1, 0.15) is 30.9 Å². The molecule has 76 valence electrons. The largest absolute Gasteiger partial charge is 0.324 e. The van der Waals surface area contributed by atoms with Crippen LogP contribution in [0.2, 0.25) is 0 Å². The molecule has 0 saturated heterocycles. The standard InChI is InChI=1S/C11H13FIN/c12-10-6-8(13)4-5-9(10)11(14)7-2-1-3-7/h4-7,11H,1-3,14H2. The van der Waals surface area contributed by atoms with Crippen LogP contribution in [-0.4, -0.2) is 0 Å². The summed E-state index contributed by atoms with van der Waals surface area (Å²) in [4.78, 5) is 0. The van der Waals surface area contributed by atoms with Crippen molar-refractivity contribution in [2.24, 2.45) is 11.7 Å². The van der Waals surface area contributed by atoms with Crippen LogP contribution in [0.25, 0.3) is 0 Å². The molecule has 1 aromatic rings. The van der Waals surface area contributed by atoms with Gasteiger partial charge in [0.15, 0.2) is 0 Å². The van der Waals surface area contributed by atoms with Crippen LogP contribution in [-0.2, 0) is 0 Å². The normalized spacial score (nSPS) is 19.1. The molecule has 1 aromatic carbocycles. The van der Waals surface area contributed by atoms with Crippen molar-refractivity contribution >= 4 is 22.6 Å². The Morgan fingerprint density at radius 1 is 1.43 bits per heavy atom. The fraction of sp³-hybridized carbons (Fsp3) is 0.455. The van der Waals surface area contributed by atoms with Crippen molar-refractivity contribution < 1.29 is 4.39 Å². The van der Waals surface area contributed by atoms with Gasteiger partial charge in [0.05, 0.1) is 0 Å². The van der Waals surface area contributed by atoms with Crippen LogP contribution in [0.15, 0.2) is 18.2 Å². The van der Waals surface area contributed by atoms with Gasteiger partial charge in [-0.2, -0.15) is 0 Å². The minimum absolute atomic E-state index is 0.110. The summed E-state index contributed by atoms with van der Waals surface area (Å²) in [5.74, 6) is 0.334. The third kappa shape index (κ3) is 1.93. The average molecular weight is 305 g/mol. The first-order valence-corrected chi connectivity index (χ1v) is 5.97. The highest BCUT2D eigenvalue weighted by Crippen LogP contribution is 2.36. The van der Waals surface area contributed by atoms with Gasteiger partial charge in [-0.3, -0.25) is 0 Å². The Hall–Kier alpha value is -0.160. The van der Waals surface area contributed by atoms with Gasteiger partial charge in [0.25, 0.3) is 0 Å². The van der Waals surface area contributed by atoms with Gasteiger partial charge in [-0.1, -0.05) is 12.5 Å². The molecule has 2 N–H and O–H groups in total. The van der Waals surface area contributed by atoms with Crippen molar-refractivity contribution in [1.29, 1.82) is 0 Å². The van der Waals surface area contributed by atoms with Gasteiger partial charge in [0.2, 0.25) is 0 Å². The molecule has 1 fully saturated rings. The Morgan fingerprint density at radius 2 is 2.14 bits per heavy atom. The van der Waals surface area contributed by atoms with Gasteiger partial charge >= 0.3 is 0 Å². The van der Waals surface area contributed by atoms with Crippen LogP contribution in [0.5, 0.6) is 0 Å². The van der Waals surface area contributed by atoms with Crippen LogP contribution in [0.3, 0.4) is 0 Å². The van der Waals surface area contributed by atoms with E-state index in [1.165, 1.54) is 6.42 Å². The lowest BCUT2D eigenvalue weighted by atomic mass is 9.77. The molecule has 1 nitrogen and oxygen atoms in total. The Labute approximate surface area is 97.0 Å². The van der Waals surface area contributed by atoms with Crippen LogP contribution in [0.4, 0.5) is 4.39 Å². The van der Waals surface area contributed by atoms with E-state index in [1.54, 1.807) is 6.07 Å². The molecular weight excluding hydrogens is 292 g/mol. The summed E-state index contributed by atoms with van der Waals surface area (Å²) in [7, 11) is 0. The van der Waals surface area contributed by atoms with Crippen molar-refractivity contribution in [2.75, 3.05) is 0 Å². The molecule has 0 spiro atoms. The molecule has 0 aliphatic heterocycles. The molecule has 1 aliphatic rings. The number of benzene rings is 1. The van der Waals surface area contributed by atoms with Crippen molar-refractivity contribution in [3.8, 4) is 0 Å². The predicted molar refractivity (Wildman–Crippen MR) is 63.4 cm³/mol. The molecular formula is C11H13FIN. The summed E-state index contributed by atoms with van der Waals surface area (Å²) >= 11 is 2.11. The summed E-state index contributed by atoms with van der Waals surface area (Å²) in [6.07, 6.45) is 3.53. The van der Waals surface area contributed by atoms with Crippen LogP contribution in [0, 0.1) is 15.3 Å². The second-order valence-corrected chi connectivity index (χ2v) is 5.13. The van der Waals surface area contributed by atoms with Gasteiger partial charge in [-0.15, -0.1) is 0 Å². The second-order valence-electron chi connectivity index (χ2n) is 3.88. The predicted octanol–water partition coefficient (Wildman–Crippen LogP) is 3.23. The molecule has 1 saturated carbocycles. The maximum absolute atomic E-state index is 13.5. The average Bonchev–Trinajstić information content (AvgIpc) is 2.00. The number of nitrogens with two attached hydrogens (primary N) is 1. The first kappa shape index (κ1) is 10.4. The highest BCUT2D eigenvalue weighted by molar-refractivity contribution is 14.1. The Balaban J connectivity index is 2.22. The molecule has 0 aromatic heterocycles. The van der Waals surface area contributed by atoms with Crippen molar-refractivity contribution in [2.45, 2.75) is 25.3 Å². The molecule has 2 rings (SSSR count). The lowest BCUT2D eigenvalue weighted by molar-refractivity contribution is 0.260. The minimum atomic E-state index is -0.156. The van der Waals surface area contributed by atoms with E-state index in [-0.39, 0.29) is 11.9 Å². The van der Waals surface area contributed by atoms with E-state index in [9.17, 15) is 4.39 Å². The van der Waals surface area contributed by atoms with Crippen molar-refractivity contribution in [1.82, 2.24) is 0 Å². The van der Waals surface area contributed by atoms with E-state index >= 15 is 0 Å². The summed E-state index contributed by atoms with van der Waals surface area (Å²) < 4.78 is 14.5. The van der Waals surface area contributed by atoms with Gasteiger partial charge in [0, 0.05) is 15.2 Å². The van der Waals surface area contributed by atoms with E-state index in [0.29, 0.717) is 11.5 Å². The lowest BCUT2D eigenvalue weighted by Crippen LogP contribution is -2.27. The summed E-state index contributed by atoms with van der Waals surface area (Å²) in [5, 5.41) is 0. The zero-order valence-electron chi connectivity index (χ0n) is 7.84. The first-order valence-electron chi connectivity index (χ1n) is 4.89. The van der Waals surface area contributed by atoms with Gasteiger partial charge in [-0.25, -0.2) is 4.39 Å². The third-order valence-corrected chi connectivity index (χ3v) is 3.65. The summed E-state index contributed by atoms with van der Waals surface area (Å²) in [6.45, 7) is 0. The van der Waals surface area contributed by atoms with Crippen LogP contribution < -0.4 is 5.73 Å². The van der Waals surface area contributed by atoms with E-state index in [1.807, 2.05) is 12.1 Å². The number of hydrogen-bond acceptors (Lipinski definition) is 1. The highest BCUT2D eigenvalue weighted by Gasteiger charge is 2.27. The number of hydrogen-bond donors (Lipinski definition) is 1. The molecule has 1 atom stereocenters. The fourth-order valence-electron chi connectivity index (χ4n) is 1.82. The molecule has 0 radical (unpaired) electrons.